The third-order valence-electron chi connectivity index (χ3n) is 5.47. The zero-order chi connectivity index (χ0) is 21.1. The van der Waals surface area contributed by atoms with E-state index in [0.717, 1.165) is 48.2 Å². The van der Waals surface area contributed by atoms with Crippen LogP contribution in [0.15, 0.2) is 48.5 Å². The Morgan fingerprint density at radius 1 is 1.00 bits per heavy atom. The molecule has 4 rings (SSSR count). The molecule has 2 aromatic carbocycles. The highest BCUT2D eigenvalue weighted by molar-refractivity contribution is 7.71. The van der Waals surface area contributed by atoms with Crippen LogP contribution >= 0.6 is 12.2 Å². The van der Waals surface area contributed by atoms with Crippen molar-refractivity contribution in [3.63, 3.8) is 0 Å². The first-order valence-corrected chi connectivity index (χ1v) is 10.9. The highest BCUT2D eigenvalue weighted by Crippen LogP contribution is 2.28. The molecule has 0 aliphatic carbocycles. The highest BCUT2D eigenvalue weighted by atomic mass is 32.1. The van der Waals surface area contributed by atoms with Gasteiger partial charge in [0.25, 0.3) is 0 Å². The van der Waals surface area contributed by atoms with Crippen LogP contribution in [-0.4, -0.2) is 52.0 Å². The summed E-state index contributed by atoms with van der Waals surface area (Å²) in [5, 5.41) is 4.73. The lowest BCUT2D eigenvalue weighted by Crippen LogP contribution is -2.47. The second-order valence-corrected chi connectivity index (χ2v) is 8.02. The van der Waals surface area contributed by atoms with E-state index in [1.807, 2.05) is 30.7 Å². The summed E-state index contributed by atoms with van der Waals surface area (Å²) >= 11 is 5.76. The molecule has 0 bridgehead atoms. The van der Waals surface area contributed by atoms with Crippen LogP contribution in [0.3, 0.4) is 0 Å². The van der Waals surface area contributed by atoms with Gasteiger partial charge in [0.2, 0.25) is 4.77 Å². The van der Waals surface area contributed by atoms with E-state index in [-0.39, 0.29) is 0 Å². The van der Waals surface area contributed by atoms with Crippen molar-refractivity contribution in [3.8, 4) is 11.4 Å². The van der Waals surface area contributed by atoms with Crippen molar-refractivity contribution in [1.82, 2.24) is 19.2 Å². The predicted octanol–water partition coefficient (Wildman–Crippen LogP) is 4.20. The van der Waals surface area contributed by atoms with Crippen LogP contribution in [-0.2, 0) is 6.67 Å². The maximum absolute atomic E-state index is 5.81. The third-order valence-corrected chi connectivity index (χ3v) is 5.87. The lowest BCUT2D eigenvalue weighted by molar-refractivity contribution is 0.193. The van der Waals surface area contributed by atoms with Gasteiger partial charge in [0, 0.05) is 31.9 Å². The van der Waals surface area contributed by atoms with Gasteiger partial charge in [-0.25, -0.2) is 4.68 Å². The average Bonchev–Trinajstić information content (AvgIpc) is 3.02. The van der Waals surface area contributed by atoms with E-state index < -0.39 is 0 Å². The van der Waals surface area contributed by atoms with Crippen molar-refractivity contribution in [2.75, 3.05) is 37.7 Å². The molecule has 6 nitrogen and oxygen atoms in total. The minimum Gasteiger partial charge on any atom is -0.492 e. The van der Waals surface area contributed by atoms with E-state index in [2.05, 4.69) is 57.7 Å². The first-order chi connectivity index (χ1) is 14.6. The van der Waals surface area contributed by atoms with E-state index in [0.29, 0.717) is 13.3 Å². The Labute approximate surface area is 183 Å². The maximum Gasteiger partial charge on any atom is 0.203 e. The number of hydrogen-bond acceptors (Lipinski definition) is 5. The Hall–Kier alpha value is -2.64. The number of benzene rings is 2. The second-order valence-electron chi connectivity index (χ2n) is 7.65. The molecule has 1 aliphatic heterocycles. The smallest absolute Gasteiger partial charge is 0.203 e. The number of anilines is 1. The van der Waals surface area contributed by atoms with Gasteiger partial charge in [-0.05, 0) is 62.8 Å². The van der Waals surface area contributed by atoms with E-state index in [1.165, 1.54) is 11.3 Å². The quantitative estimate of drug-likeness (QED) is 0.556. The molecule has 7 heteroatoms. The number of nitrogens with zero attached hydrogens (tertiary/aromatic N) is 5. The number of para-hydroxylation sites is 2. The topological polar surface area (TPSA) is 38.5 Å². The van der Waals surface area contributed by atoms with Crippen molar-refractivity contribution < 1.29 is 4.74 Å². The van der Waals surface area contributed by atoms with Gasteiger partial charge in [-0.3, -0.25) is 9.47 Å². The number of ether oxygens (including phenoxy) is 1. The van der Waals surface area contributed by atoms with Crippen molar-refractivity contribution in [1.29, 1.82) is 0 Å². The summed E-state index contributed by atoms with van der Waals surface area (Å²) in [6.45, 7) is 11.3. The fourth-order valence-corrected chi connectivity index (χ4v) is 4.32. The van der Waals surface area contributed by atoms with Crippen molar-refractivity contribution >= 4 is 17.9 Å². The molecule has 0 amide bonds. The molecule has 1 fully saturated rings. The molecular weight excluding hydrogens is 394 g/mol. The number of aryl methyl sites for hydroxylation is 2. The van der Waals surface area contributed by atoms with Gasteiger partial charge in [0.1, 0.15) is 11.6 Å². The number of piperazine rings is 1. The Kier molecular flexibility index (Phi) is 6.20. The van der Waals surface area contributed by atoms with Crippen molar-refractivity contribution in [2.45, 2.75) is 27.4 Å². The molecule has 3 aromatic rings. The van der Waals surface area contributed by atoms with Crippen LogP contribution < -0.4 is 9.64 Å². The Bertz CT molecular complexity index is 1070. The molecule has 1 saturated heterocycles. The van der Waals surface area contributed by atoms with Crippen molar-refractivity contribution in [2.24, 2.45) is 0 Å². The number of hydrogen-bond donors (Lipinski definition) is 0. The first-order valence-electron chi connectivity index (χ1n) is 10.5. The molecule has 0 spiro atoms. The summed E-state index contributed by atoms with van der Waals surface area (Å²) in [6.07, 6.45) is 0. The SMILES string of the molecule is CCOc1ccccc1N1CCN(Cn2nc(C)n(-c3cccc(C)c3)c2=S)CC1. The second kappa shape index (κ2) is 9.02. The largest absolute Gasteiger partial charge is 0.492 e. The monoisotopic (exact) mass is 423 g/mol. The van der Waals surface area contributed by atoms with E-state index in [9.17, 15) is 0 Å². The summed E-state index contributed by atoms with van der Waals surface area (Å²) in [4.78, 5) is 4.81. The molecule has 0 atom stereocenters. The van der Waals surface area contributed by atoms with Crippen LogP contribution in [0.1, 0.15) is 18.3 Å². The van der Waals surface area contributed by atoms with Gasteiger partial charge >= 0.3 is 0 Å². The normalized spacial score (nSPS) is 14.8. The summed E-state index contributed by atoms with van der Waals surface area (Å²) in [7, 11) is 0. The van der Waals surface area contributed by atoms with Crippen LogP contribution in [0.25, 0.3) is 5.69 Å². The molecule has 158 valence electrons. The van der Waals surface area contributed by atoms with E-state index in [4.69, 9.17) is 22.1 Å². The molecule has 0 unspecified atom stereocenters. The zero-order valence-corrected chi connectivity index (χ0v) is 18.7. The van der Waals surface area contributed by atoms with Gasteiger partial charge in [-0.15, -0.1) is 0 Å². The molecule has 0 N–H and O–H groups in total. The molecule has 0 saturated carbocycles. The first kappa shape index (κ1) is 20.6. The fraction of sp³-hybridized carbons (Fsp3) is 0.391. The summed E-state index contributed by atoms with van der Waals surface area (Å²) in [6, 6.07) is 16.7. The molecule has 2 heterocycles. The molecule has 1 aromatic heterocycles. The van der Waals surface area contributed by atoms with Gasteiger partial charge < -0.3 is 9.64 Å². The molecule has 0 radical (unpaired) electrons. The minimum atomic E-state index is 0.679. The Balaban J connectivity index is 1.45. The van der Waals surface area contributed by atoms with E-state index in [1.54, 1.807) is 0 Å². The third kappa shape index (κ3) is 4.27. The number of aromatic nitrogens is 3. The zero-order valence-electron chi connectivity index (χ0n) is 17.9. The minimum absolute atomic E-state index is 0.679. The lowest BCUT2D eigenvalue weighted by Gasteiger charge is -2.36. The predicted molar refractivity (Wildman–Crippen MR) is 123 cm³/mol. The average molecular weight is 424 g/mol. The fourth-order valence-electron chi connectivity index (χ4n) is 3.99. The lowest BCUT2D eigenvalue weighted by atomic mass is 10.2. The Morgan fingerprint density at radius 3 is 2.50 bits per heavy atom. The maximum atomic E-state index is 5.81. The van der Waals surface area contributed by atoms with Crippen molar-refractivity contribution in [3.05, 3.63) is 64.7 Å². The summed E-state index contributed by atoms with van der Waals surface area (Å²) in [5.74, 6) is 1.87. The summed E-state index contributed by atoms with van der Waals surface area (Å²) in [5.41, 5.74) is 3.46. The molecular formula is C23H29N5OS. The van der Waals surface area contributed by atoms with Gasteiger partial charge in [-0.2, -0.15) is 5.10 Å². The van der Waals surface area contributed by atoms with E-state index >= 15 is 0 Å². The highest BCUT2D eigenvalue weighted by Gasteiger charge is 2.21. The van der Waals surface area contributed by atoms with Crippen LogP contribution in [0.2, 0.25) is 0 Å². The molecule has 1 aliphatic rings. The Morgan fingerprint density at radius 2 is 1.77 bits per heavy atom. The summed E-state index contributed by atoms with van der Waals surface area (Å²) < 4.78 is 10.5. The van der Waals surface area contributed by atoms with Gasteiger partial charge in [0.15, 0.2) is 0 Å². The van der Waals surface area contributed by atoms with Crippen LogP contribution in [0, 0.1) is 18.6 Å². The van der Waals surface area contributed by atoms with Gasteiger partial charge in [-0.1, -0.05) is 24.3 Å². The standard InChI is InChI=1S/C23H29N5OS/c1-4-29-22-11-6-5-10-21(22)26-14-12-25(13-15-26)17-27-23(30)28(19(3)24-27)20-9-7-8-18(2)16-20/h5-11,16H,4,12-15,17H2,1-3H3. The number of rotatable bonds is 6. The van der Waals surface area contributed by atoms with Gasteiger partial charge in [0.05, 0.1) is 19.0 Å². The van der Waals surface area contributed by atoms with Crippen LogP contribution in [0.4, 0.5) is 5.69 Å². The molecule has 30 heavy (non-hydrogen) atoms. The van der Waals surface area contributed by atoms with Crippen LogP contribution in [0.5, 0.6) is 5.75 Å².